The lowest BCUT2D eigenvalue weighted by molar-refractivity contribution is 0.0521. The number of aliphatic hydroxyl groups excluding tert-OH is 2. The number of aryl methyl sites for hydroxylation is 2. The Balaban J connectivity index is 0.000000201. The Labute approximate surface area is 311 Å². The fraction of sp³-hybridized carbons (Fsp3) is 0.429. The van der Waals surface area contributed by atoms with E-state index in [1.54, 1.807) is 12.1 Å². The molecule has 10 heteroatoms. The zero-order chi connectivity index (χ0) is 38.6. The molecular weight excluding hydrogens is 693 g/mol. The maximum absolute atomic E-state index is 13.0. The minimum absolute atomic E-state index is 0.0660. The van der Waals surface area contributed by atoms with Crippen LogP contribution >= 0.6 is 0 Å². The van der Waals surface area contributed by atoms with Crippen LogP contribution in [0.2, 0.25) is 0 Å². The van der Waals surface area contributed by atoms with Crippen LogP contribution in [0.4, 0.5) is 11.4 Å². The van der Waals surface area contributed by atoms with Crippen LogP contribution in [-0.2, 0) is 19.7 Å². The lowest BCUT2D eigenvalue weighted by Crippen LogP contribution is -2.38. The number of hydrogen-bond acceptors (Lipinski definition) is 8. The van der Waals surface area contributed by atoms with Crippen molar-refractivity contribution in [2.75, 3.05) is 49.5 Å². The summed E-state index contributed by atoms with van der Waals surface area (Å²) in [7, 11) is 0.947. The maximum atomic E-state index is 13.0. The highest BCUT2D eigenvalue weighted by atomic mass is 32.2. The van der Waals surface area contributed by atoms with E-state index in [4.69, 9.17) is 0 Å². The van der Waals surface area contributed by atoms with Crippen LogP contribution in [0.25, 0.3) is 0 Å². The van der Waals surface area contributed by atoms with Gasteiger partial charge in [-0.15, -0.1) is 0 Å². The summed E-state index contributed by atoms with van der Waals surface area (Å²) in [6.07, 6.45) is -1.61. The smallest absolute Gasteiger partial charge is 0.179 e. The van der Waals surface area contributed by atoms with Crippen LogP contribution in [0.3, 0.4) is 0 Å². The van der Waals surface area contributed by atoms with Crippen molar-refractivity contribution in [3.63, 3.8) is 0 Å². The second-order valence-corrected chi connectivity index (χ2v) is 20.3. The number of nitrogens with zero attached hydrogens (tertiary/aromatic N) is 2. The third-order valence-electron chi connectivity index (χ3n) is 10.5. The summed E-state index contributed by atoms with van der Waals surface area (Å²) in [5.41, 5.74) is 5.80. The van der Waals surface area contributed by atoms with Gasteiger partial charge in [0.25, 0.3) is 0 Å². The van der Waals surface area contributed by atoms with Crippen molar-refractivity contribution in [2.24, 2.45) is 10.8 Å². The monoisotopic (exact) mass is 746 g/mol. The van der Waals surface area contributed by atoms with E-state index in [-0.39, 0.29) is 17.4 Å². The summed E-state index contributed by atoms with van der Waals surface area (Å²) >= 11 is 0. The van der Waals surface area contributed by atoms with Gasteiger partial charge in [-0.1, -0.05) is 87.4 Å². The summed E-state index contributed by atoms with van der Waals surface area (Å²) in [5, 5.41) is 22.5. The molecule has 6 rings (SSSR count). The van der Waals surface area contributed by atoms with Gasteiger partial charge in [0, 0.05) is 62.2 Å². The Hall–Kier alpha value is -3.70. The van der Waals surface area contributed by atoms with Crippen molar-refractivity contribution < 1.29 is 27.0 Å². The zero-order valence-electron chi connectivity index (χ0n) is 32.0. The largest absolute Gasteiger partial charge is 0.392 e. The van der Waals surface area contributed by atoms with Gasteiger partial charge in [0.1, 0.15) is 0 Å². The lowest BCUT2D eigenvalue weighted by atomic mass is 9.75. The van der Waals surface area contributed by atoms with Gasteiger partial charge in [-0.3, -0.25) is 0 Å². The summed E-state index contributed by atoms with van der Waals surface area (Å²) in [6.45, 7) is 11.2. The third-order valence-corrected chi connectivity index (χ3v) is 14.9. The molecule has 4 aromatic rings. The molecule has 4 aromatic carbocycles. The predicted molar refractivity (Wildman–Crippen MR) is 211 cm³/mol. The van der Waals surface area contributed by atoms with Gasteiger partial charge in [0.15, 0.2) is 19.7 Å². The maximum Gasteiger partial charge on any atom is 0.179 e. The normalized spacial score (nSPS) is 23.8. The van der Waals surface area contributed by atoms with E-state index in [0.717, 1.165) is 33.6 Å². The Kier molecular flexibility index (Phi) is 10.8. The average molecular weight is 747 g/mol. The first kappa shape index (κ1) is 39.5. The highest BCUT2D eigenvalue weighted by Gasteiger charge is 2.46. The summed E-state index contributed by atoms with van der Waals surface area (Å²) in [6, 6.07) is 26.8. The minimum atomic E-state index is -3.47. The summed E-state index contributed by atoms with van der Waals surface area (Å²) in [5.74, 6) is -0.907. The van der Waals surface area contributed by atoms with Crippen molar-refractivity contribution in [1.29, 1.82) is 0 Å². The second kappa shape index (κ2) is 14.3. The molecule has 2 aliphatic heterocycles. The van der Waals surface area contributed by atoms with Crippen molar-refractivity contribution in [2.45, 2.75) is 75.4 Å². The molecule has 0 unspecified atom stereocenters. The molecule has 2 N–H and O–H groups in total. The Morgan fingerprint density at radius 2 is 0.981 bits per heavy atom. The van der Waals surface area contributed by atoms with Gasteiger partial charge in [-0.25, -0.2) is 16.8 Å². The quantitative estimate of drug-likeness (QED) is 0.236. The van der Waals surface area contributed by atoms with E-state index < -0.39 is 48.6 Å². The minimum Gasteiger partial charge on any atom is -0.392 e. The molecule has 0 radical (unpaired) electrons. The summed E-state index contributed by atoms with van der Waals surface area (Å²) in [4.78, 5) is 4.70. The number of hydrogen-bond donors (Lipinski definition) is 2. The topological polar surface area (TPSA) is 115 Å². The highest BCUT2D eigenvalue weighted by molar-refractivity contribution is 7.91. The third kappa shape index (κ3) is 7.81. The van der Waals surface area contributed by atoms with E-state index in [0.29, 0.717) is 20.9 Å². The first-order valence-corrected chi connectivity index (χ1v) is 20.9. The van der Waals surface area contributed by atoms with Gasteiger partial charge in [-0.2, -0.15) is 0 Å². The van der Waals surface area contributed by atoms with Crippen LogP contribution in [-0.4, -0.2) is 79.0 Å². The van der Waals surface area contributed by atoms with Crippen LogP contribution in [0.1, 0.15) is 72.9 Å². The van der Waals surface area contributed by atoms with Crippen molar-refractivity contribution in [3.8, 4) is 0 Å². The molecule has 4 atom stereocenters. The first-order chi connectivity index (χ1) is 24.1. The van der Waals surface area contributed by atoms with E-state index >= 15 is 0 Å². The highest BCUT2D eigenvalue weighted by Crippen LogP contribution is 2.46. The molecule has 52 heavy (non-hydrogen) atoms. The van der Waals surface area contributed by atoms with Gasteiger partial charge in [-0.05, 0) is 72.5 Å². The molecule has 2 aliphatic rings. The zero-order valence-corrected chi connectivity index (χ0v) is 33.7. The van der Waals surface area contributed by atoms with Crippen molar-refractivity contribution >= 4 is 31.0 Å². The molecule has 0 aromatic heterocycles. The first-order valence-electron chi connectivity index (χ1n) is 17.6. The van der Waals surface area contributed by atoms with E-state index in [2.05, 4.69) is 0 Å². The molecule has 280 valence electrons. The van der Waals surface area contributed by atoms with Crippen LogP contribution in [0, 0.1) is 24.7 Å². The fourth-order valence-corrected chi connectivity index (χ4v) is 11.9. The molecular formula is C42H54N2O6S2. The molecule has 0 fully saturated rings. The molecule has 8 nitrogen and oxygen atoms in total. The number of fused-ring (bicyclic) bond motifs is 2. The van der Waals surface area contributed by atoms with E-state index in [1.807, 2.05) is 152 Å². The molecule has 0 spiro atoms. The molecule has 0 amide bonds. The Bertz CT molecular complexity index is 2160. The van der Waals surface area contributed by atoms with Gasteiger partial charge in [0.2, 0.25) is 0 Å². The van der Waals surface area contributed by atoms with E-state index in [9.17, 15) is 27.0 Å². The summed E-state index contributed by atoms with van der Waals surface area (Å²) < 4.78 is 51.9. The van der Waals surface area contributed by atoms with Gasteiger partial charge >= 0.3 is 0 Å². The second-order valence-electron chi connectivity index (χ2n) is 16.4. The molecule has 0 saturated carbocycles. The van der Waals surface area contributed by atoms with Crippen LogP contribution in [0.15, 0.2) is 94.7 Å². The van der Waals surface area contributed by atoms with Crippen LogP contribution < -0.4 is 9.80 Å². The van der Waals surface area contributed by atoms with Gasteiger partial charge < -0.3 is 20.0 Å². The number of sulfone groups is 2. The SMILES string of the molecule is Cc1ccc2c(c1)[C@@H](c1ccc(N(C)C)cc1)[C@@H](O)C(C)(C)CS2(=O)=O.Cc1ccc2c(c1)[C@@H](c1cccc(N(C)C)c1)[C@@H](O)C(C)(C)CS2(=O)=O. The number of anilines is 2. The Morgan fingerprint density at radius 1 is 0.558 bits per heavy atom. The average Bonchev–Trinajstić information content (AvgIpc) is 3.14. The molecule has 2 heterocycles. The van der Waals surface area contributed by atoms with E-state index in [1.165, 1.54) is 0 Å². The Morgan fingerprint density at radius 3 is 1.40 bits per heavy atom. The van der Waals surface area contributed by atoms with Crippen molar-refractivity contribution in [3.05, 3.63) is 118 Å². The number of aliphatic hydroxyl groups is 2. The van der Waals surface area contributed by atoms with Crippen molar-refractivity contribution in [1.82, 2.24) is 0 Å². The molecule has 0 saturated heterocycles. The molecule has 0 aliphatic carbocycles. The fourth-order valence-electron chi connectivity index (χ4n) is 7.64. The predicted octanol–water partition coefficient (Wildman–Crippen LogP) is 6.73. The van der Waals surface area contributed by atoms with Crippen LogP contribution in [0.5, 0.6) is 0 Å². The lowest BCUT2D eigenvalue weighted by Gasteiger charge is -2.34. The number of rotatable bonds is 4. The standard InChI is InChI=1S/2C21H27NO3S/c1-14-6-11-18-17(12-14)19(15-7-9-16(10-8-15)22(4)5)20(23)21(2,3)13-26(18,24)25;1-14-9-10-18-17(11-14)19(15-7-6-8-16(12-15)22(4)5)20(23)21(2,3)13-26(18,24)25/h2*6-12,19-20,23H,13H2,1-5H3/t2*19-,20-/m11/s1. The molecule has 0 bridgehead atoms. The number of benzene rings is 4. The van der Waals surface area contributed by atoms with Gasteiger partial charge in [0.05, 0.1) is 33.5 Å².